The summed E-state index contributed by atoms with van der Waals surface area (Å²) in [6.07, 6.45) is 0.846. The zero-order chi connectivity index (χ0) is 25.5. The number of aliphatic hydroxyl groups is 2. The predicted octanol–water partition coefficient (Wildman–Crippen LogP) is 3.30. The summed E-state index contributed by atoms with van der Waals surface area (Å²) >= 11 is 0.916. The fourth-order valence-corrected chi connectivity index (χ4v) is 4.52. The van der Waals surface area contributed by atoms with Crippen molar-refractivity contribution in [3.05, 3.63) is 64.9 Å². The number of nitrogens with zero attached hydrogens (tertiary/aromatic N) is 1. The molecule has 35 heavy (non-hydrogen) atoms. The number of anilines is 2. The molecular formula is C24H24F2N4O4S. The van der Waals surface area contributed by atoms with Gasteiger partial charge < -0.3 is 26.6 Å². The number of pyridine rings is 1. The summed E-state index contributed by atoms with van der Waals surface area (Å²) in [5, 5.41) is 25.7. The smallest absolute Gasteiger partial charge is 0.252 e. The molecule has 0 bridgehead atoms. The molecule has 6 N–H and O–H groups in total. The summed E-state index contributed by atoms with van der Waals surface area (Å²) in [5.74, 6) is -2.73. The van der Waals surface area contributed by atoms with Crippen LogP contribution in [0.1, 0.15) is 48.3 Å². The maximum atomic E-state index is 14.8. The van der Waals surface area contributed by atoms with Gasteiger partial charge in [0.1, 0.15) is 28.1 Å². The van der Waals surface area contributed by atoms with Gasteiger partial charge in [0.25, 0.3) is 11.8 Å². The van der Waals surface area contributed by atoms with E-state index in [2.05, 4.69) is 15.6 Å². The molecule has 0 aliphatic heterocycles. The Labute approximate surface area is 203 Å². The molecule has 1 aromatic carbocycles. The Morgan fingerprint density at radius 2 is 1.86 bits per heavy atom. The standard InChI is InChI=1S/C24H24F2N4O4S/c1-23(2,33)12-8-15(25)19(16(26)9-12)17-10-14(20(27)31)21(35-17)30-18-5-3-4-13(29-18)11-28-22(32)24(34)6-7-24/h3-5,8-10,33-34H,6-7,11H2,1-2H3,(H2,27,31)(H,28,32)(H,29,30). The average molecular weight is 503 g/mol. The lowest BCUT2D eigenvalue weighted by atomic mass is 9.96. The summed E-state index contributed by atoms with van der Waals surface area (Å²) < 4.78 is 29.7. The molecule has 184 valence electrons. The van der Waals surface area contributed by atoms with E-state index in [9.17, 15) is 28.6 Å². The van der Waals surface area contributed by atoms with Crippen molar-refractivity contribution >= 4 is 34.0 Å². The Balaban J connectivity index is 1.60. The Kier molecular flexibility index (Phi) is 6.34. The Morgan fingerprint density at radius 1 is 1.20 bits per heavy atom. The number of halogens is 2. The van der Waals surface area contributed by atoms with Crippen LogP contribution >= 0.6 is 11.3 Å². The fourth-order valence-electron chi connectivity index (χ4n) is 3.40. The third-order valence-electron chi connectivity index (χ3n) is 5.62. The molecule has 0 radical (unpaired) electrons. The van der Waals surface area contributed by atoms with Crippen LogP contribution in [0.2, 0.25) is 0 Å². The highest BCUT2D eigenvalue weighted by atomic mass is 32.1. The largest absolute Gasteiger partial charge is 0.386 e. The summed E-state index contributed by atoms with van der Waals surface area (Å²) in [6, 6.07) is 8.35. The van der Waals surface area contributed by atoms with Crippen LogP contribution in [0.5, 0.6) is 0 Å². The molecule has 8 nitrogen and oxygen atoms in total. The van der Waals surface area contributed by atoms with E-state index in [0.717, 1.165) is 23.5 Å². The first kappa shape index (κ1) is 24.7. The lowest BCUT2D eigenvalue weighted by molar-refractivity contribution is -0.131. The van der Waals surface area contributed by atoms with Crippen LogP contribution in [0, 0.1) is 11.6 Å². The van der Waals surface area contributed by atoms with Gasteiger partial charge in [0.05, 0.1) is 29.0 Å². The van der Waals surface area contributed by atoms with Gasteiger partial charge in [-0.05, 0) is 62.6 Å². The van der Waals surface area contributed by atoms with Gasteiger partial charge in [0.15, 0.2) is 0 Å². The molecule has 3 aromatic rings. The number of carbonyl (C=O) groups is 2. The minimum absolute atomic E-state index is 0.0202. The maximum Gasteiger partial charge on any atom is 0.252 e. The van der Waals surface area contributed by atoms with Crippen molar-refractivity contribution in [1.29, 1.82) is 0 Å². The molecule has 1 aliphatic rings. The van der Waals surface area contributed by atoms with Crippen LogP contribution in [-0.4, -0.2) is 32.6 Å². The number of benzene rings is 1. The van der Waals surface area contributed by atoms with E-state index < -0.39 is 34.7 Å². The molecule has 4 rings (SSSR count). The van der Waals surface area contributed by atoms with Crippen molar-refractivity contribution in [2.45, 2.75) is 44.4 Å². The van der Waals surface area contributed by atoms with Crippen LogP contribution in [0.15, 0.2) is 36.4 Å². The highest BCUT2D eigenvalue weighted by Gasteiger charge is 2.47. The van der Waals surface area contributed by atoms with Gasteiger partial charge in [-0.25, -0.2) is 13.8 Å². The summed E-state index contributed by atoms with van der Waals surface area (Å²) in [7, 11) is 0. The van der Waals surface area contributed by atoms with Crippen molar-refractivity contribution in [3.63, 3.8) is 0 Å². The quantitative estimate of drug-likeness (QED) is 0.321. The first-order valence-corrected chi connectivity index (χ1v) is 11.6. The third kappa shape index (κ3) is 5.31. The molecule has 11 heteroatoms. The number of carbonyl (C=O) groups excluding carboxylic acids is 2. The van der Waals surface area contributed by atoms with Crippen LogP contribution in [-0.2, 0) is 16.9 Å². The first-order chi connectivity index (χ1) is 16.4. The molecule has 0 unspecified atom stereocenters. The van der Waals surface area contributed by atoms with E-state index in [0.29, 0.717) is 24.4 Å². The number of nitrogens with one attached hydrogen (secondary N) is 2. The molecular weight excluding hydrogens is 478 g/mol. The normalized spacial score (nSPS) is 14.5. The van der Waals surface area contributed by atoms with Crippen molar-refractivity contribution in [2.24, 2.45) is 5.73 Å². The maximum absolute atomic E-state index is 14.8. The number of primary amides is 1. The number of thiophene rings is 1. The second-order valence-electron chi connectivity index (χ2n) is 8.95. The van der Waals surface area contributed by atoms with Crippen LogP contribution in [0.25, 0.3) is 10.4 Å². The fraction of sp³-hybridized carbons (Fsp3) is 0.292. The Morgan fingerprint density at radius 3 is 2.43 bits per heavy atom. The monoisotopic (exact) mass is 502 g/mol. The van der Waals surface area contributed by atoms with Gasteiger partial charge >= 0.3 is 0 Å². The Hall–Kier alpha value is -3.41. The number of nitrogens with two attached hydrogens (primary N) is 1. The molecule has 0 atom stereocenters. The number of rotatable bonds is 8. The second kappa shape index (κ2) is 8.99. The van der Waals surface area contributed by atoms with Gasteiger partial charge in [-0.3, -0.25) is 9.59 Å². The van der Waals surface area contributed by atoms with Crippen LogP contribution in [0.3, 0.4) is 0 Å². The lowest BCUT2D eigenvalue weighted by Crippen LogP contribution is -2.35. The van der Waals surface area contributed by atoms with Gasteiger partial charge in [-0.2, -0.15) is 0 Å². The van der Waals surface area contributed by atoms with Crippen molar-refractivity contribution in [3.8, 4) is 10.4 Å². The van der Waals surface area contributed by atoms with E-state index >= 15 is 0 Å². The summed E-state index contributed by atoms with van der Waals surface area (Å²) in [4.78, 5) is 28.5. The minimum atomic E-state index is -1.44. The van der Waals surface area contributed by atoms with Gasteiger partial charge in [-0.15, -0.1) is 11.3 Å². The lowest BCUT2D eigenvalue weighted by Gasteiger charge is -2.18. The van der Waals surface area contributed by atoms with Gasteiger partial charge in [0, 0.05) is 4.88 Å². The van der Waals surface area contributed by atoms with Crippen LogP contribution < -0.4 is 16.4 Å². The van der Waals surface area contributed by atoms with E-state index in [-0.39, 0.29) is 33.1 Å². The number of aromatic nitrogens is 1. The zero-order valence-corrected chi connectivity index (χ0v) is 19.8. The van der Waals surface area contributed by atoms with E-state index in [4.69, 9.17) is 5.73 Å². The van der Waals surface area contributed by atoms with Gasteiger partial charge in [0.2, 0.25) is 0 Å². The number of hydrogen-bond acceptors (Lipinski definition) is 7. The molecule has 0 saturated heterocycles. The highest BCUT2D eigenvalue weighted by molar-refractivity contribution is 7.20. The van der Waals surface area contributed by atoms with Crippen LogP contribution in [0.4, 0.5) is 19.6 Å². The minimum Gasteiger partial charge on any atom is -0.386 e. The van der Waals surface area contributed by atoms with Crippen molar-refractivity contribution in [2.75, 3.05) is 5.32 Å². The van der Waals surface area contributed by atoms with E-state index in [1.807, 2.05) is 0 Å². The van der Waals surface area contributed by atoms with E-state index in [1.165, 1.54) is 19.9 Å². The Bertz CT molecular complexity index is 1290. The van der Waals surface area contributed by atoms with Crippen molar-refractivity contribution in [1.82, 2.24) is 10.3 Å². The first-order valence-electron chi connectivity index (χ1n) is 10.8. The SMILES string of the molecule is CC(C)(O)c1cc(F)c(-c2cc(C(N)=O)c(Nc3cccc(CNC(=O)C4(O)CC4)n3)s2)c(F)c1. The number of hydrogen-bond donors (Lipinski definition) is 5. The predicted molar refractivity (Wildman–Crippen MR) is 127 cm³/mol. The van der Waals surface area contributed by atoms with Crippen molar-refractivity contribution < 1.29 is 28.6 Å². The molecule has 2 heterocycles. The third-order valence-corrected chi connectivity index (χ3v) is 6.69. The average Bonchev–Trinajstić information content (AvgIpc) is 3.39. The van der Waals surface area contributed by atoms with Gasteiger partial charge in [-0.1, -0.05) is 6.07 Å². The summed E-state index contributed by atoms with van der Waals surface area (Å²) in [6.45, 7) is 2.91. The molecule has 1 aliphatic carbocycles. The number of amides is 2. The topological polar surface area (TPSA) is 138 Å². The second-order valence-corrected chi connectivity index (χ2v) is 10.00. The highest BCUT2D eigenvalue weighted by Crippen LogP contribution is 2.40. The molecule has 2 aromatic heterocycles. The van der Waals surface area contributed by atoms with E-state index in [1.54, 1.807) is 18.2 Å². The summed E-state index contributed by atoms with van der Waals surface area (Å²) in [5.41, 5.74) is 2.99. The zero-order valence-electron chi connectivity index (χ0n) is 19.0. The molecule has 0 spiro atoms. The molecule has 1 fully saturated rings. The molecule has 2 amide bonds. The molecule has 1 saturated carbocycles.